The smallest absolute Gasteiger partial charge is 0.227 e. The molecule has 0 N–H and O–H groups in total. The van der Waals surface area contributed by atoms with Crippen LogP contribution in [0.25, 0.3) is 0 Å². The summed E-state index contributed by atoms with van der Waals surface area (Å²) in [5, 5.41) is 2.21. The Hall–Kier alpha value is -1.22. The molecule has 152 valence electrons. The molecule has 0 saturated carbocycles. The molecule has 2 rings (SSSR count). The van der Waals surface area contributed by atoms with Gasteiger partial charge in [0.2, 0.25) is 15.0 Å². The summed E-state index contributed by atoms with van der Waals surface area (Å²) in [4.78, 5) is 7.77. The Labute approximate surface area is 167 Å². The van der Waals surface area contributed by atoms with Crippen LogP contribution in [0.4, 0.5) is 0 Å². The molecule has 0 saturated heterocycles. The Morgan fingerprint density at radius 2 is 2.07 bits per heavy atom. The molecule has 0 unspecified atom stereocenters. The highest BCUT2D eigenvalue weighted by molar-refractivity contribution is 7.91. The lowest BCUT2D eigenvalue weighted by Crippen LogP contribution is -2.26. The molecule has 2 heterocycles. The summed E-state index contributed by atoms with van der Waals surface area (Å²) in [6.45, 7) is 9.43. The molecule has 8 heteroatoms. The van der Waals surface area contributed by atoms with Gasteiger partial charge in [0, 0.05) is 31.1 Å². The van der Waals surface area contributed by atoms with Crippen molar-refractivity contribution in [3.05, 3.63) is 34.3 Å². The van der Waals surface area contributed by atoms with Gasteiger partial charge in [-0.15, -0.1) is 11.3 Å². The van der Waals surface area contributed by atoms with E-state index >= 15 is 0 Å². The molecule has 2 aromatic rings. The third-order valence-electron chi connectivity index (χ3n) is 4.35. The number of rotatable bonds is 9. The Morgan fingerprint density at radius 3 is 2.63 bits per heavy atom. The van der Waals surface area contributed by atoms with Gasteiger partial charge in [0.05, 0.1) is 24.3 Å². The van der Waals surface area contributed by atoms with Gasteiger partial charge in [-0.3, -0.25) is 4.90 Å². The second-order valence-corrected chi connectivity index (χ2v) is 11.0. The molecule has 0 aliphatic carbocycles. The SMILES string of the molecule is COCCn1c(CN(C)[C@H](C)c2cccs2)cnc1S(=O)(=O)CC(C)(C)C. The first-order chi connectivity index (χ1) is 12.5. The fourth-order valence-corrected chi connectivity index (χ4v) is 5.84. The first-order valence-electron chi connectivity index (χ1n) is 9.05. The fourth-order valence-electron chi connectivity index (χ4n) is 2.96. The fraction of sp³-hybridized carbons (Fsp3) is 0.632. The van der Waals surface area contributed by atoms with Gasteiger partial charge in [0.1, 0.15) is 0 Å². The molecule has 6 nitrogen and oxygen atoms in total. The molecule has 2 aromatic heterocycles. The molecule has 0 spiro atoms. The van der Waals surface area contributed by atoms with Crippen LogP contribution in [0.15, 0.2) is 28.9 Å². The normalized spacial score (nSPS) is 14.0. The monoisotopic (exact) mass is 413 g/mol. The maximum atomic E-state index is 12.9. The number of hydrogen-bond donors (Lipinski definition) is 0. The Bertz CT molecular complexity index is 821. The maximum absolute atomic E-state index is 12.9. The number of imidazole rings is 1. The zero-order valence-electron chi connectivity index (χ0n) is 17.1. The molecule has 27 heavy (non-hydrogen) atoms. The molecule has 0 amide bonds. The summed E-state index contributed by atoms with van der Waals surface area (Å²) in [6, 6.07) is 4.41. The minimum Gasteiger partial charge on any atom is -0.383 e. The molecular weight excluding hydrogens is 382 g/mol. The lowest BCUT2D eigenvalue weighted by molar-refractivity contribution is 0.180. The minimum absolute atomic E-state index is 0.0604. The molecule has 0 radical (unpaired) electrons. The van der Waals surface area contributed by atoms with Crippen LogP contribution in [-0.2, 0) is 27.7 Å². The second kappa shape index (κ2) is 8.86. The maximum Gasteiger partial charge on any atom is 0.227 e. The van der Waals surface area contributed by atoms with Crippen molar-refractivity contribution >= 4 is 21.2 Å². The highest BCUT2D eigenvalue weighted by Crippen LogP contribution is 2.26. The quantitative estimate of drug-likeness (QED) is 0.628. The summed E-state index contributed by atoms with van der Waals surface area (Å²) < 4.78 is 32.8. The van der Waals surface area contributed by atoms with Gasteiger partial charge in [-0.05, 0) is 30.8 Å². The van der Waals surface area contributed by atoms with Gasteiger partial charge >= 0.3 is 0 Å². The highest BCUT2D eigenvalue weighted by Gasteiger charge is 2.29. The average Bonchev–Trinajstić information content (AvgIpc) is 3.20. The van der Waals surface area contributed by atoms with Crippen LogP contribution < -0.4 is 0 Å². The van der Waals surface area contributed by atoms with Crippen LogP contribution in [0.5, 0.6) is 0 Å². The van der Waals surface area contributed by atoms with E-state index in [4.69, 9.17) is 4.74 Å². The van der Waals surface area contributed by atoms with Gasteiger partial charge in [-0.2, -0.15) is 0 Å². The Morgan fingerprint density at radius 1 is 1.37 bits per heavy atom. The van der Waals surface area contributed by atoms with E-state index in [2.05, 4.69) is 28.3 Å². The van der Waals surface area contributed by atoms with E-state index in [1.165, 1.54) is 4.88 Å². The molecular formula is C19H31N3O3S2. The highest BCUT2D eigenvalue weighted by atomic mass is 32.2. The van der Waals surface area contributed by atoms with Crippen LogP contribution in [0.1, 0.15) is 44.3 Å². The van der Waals surface area contributed by atoms with Gasteiger partial charge in [0.25, 0.3) is 0 Å². The number of hydrogen-bond acceptors (Lipinski definition) is 6. The van der Waals surface area contributed by atoms with Crippen LogP contribution in [-0.4, -0.2) is 49.4 Å². The number of sulfone groups is 1. The Balaban J connectivity index is 2.30. The third kappa shape index (κ3) is 5.88. The number of methoxy groups -OCH3 is 1. The topological polar surface area (TPSA) is 64.4 Å². The van der Waals surface area contributed by atoms with Crippen molar-refractivity contribution in [2.75, 3.05) is 26.5 Å². The molecule has 0 aliphatic heterocycles. The van der Waals surface area contributed by atoms with E-state index < -0.39 is 9.84 Å². The number of thiophene rings is 1. The number of ether oxygens (including phenoxy) is 1. The van der Waals surface area contributed by atoms with Crippen molar-refractivity contribution in [3.63, 3.8) is 0 Å². The average molecular weight is 414 g/mol. The molecule has 0 bridgehead atoms. The van der Waals surface area contributed by atoms with Crippen LogP contribution in [0, 0.1) is 5.41 Å². The minimum atomic E-state index is -3.48. The Kier molecular flexibility index (Phi) is 7.24. The van der Waals surface area contributed by atoms with Crippen molar-refractivity contribution in [1.29, 1.82) is 0 Å². The van der Waals surface area contributed by atoms with Crippen molar-refractivity contribution < 1.29 is 13.2 Å². The van der Waals surface area contributed by atoms with E-state index in [0.717, 1.165) is 5.69 Å². The van der Waals surface area contributed by atoms with Crippen LogP contribution in [0.2, 0.25) is 0 Å². The van der Waals surface area contributed by atoms with E-state index in [1.807, 2.05) is 33.9 Å². The molecule has 1 atom stereocenters. The zero-order chi connectivity index (χ0) is 20.2. The predicted octanol–water partition coefficient (Wildman–Crippen LogP) is 3.60. The summed E-state index contributed by atoms with van der Waals surface area (Å²) in [5.74, 6) is 0.0604. The van der Waals surface area contributed by atoms with Gasteiger partial charge < -0.3 is 9.30 Å². The van der Waals surface area contributed by atoms with Gasteiger partial charge in [0.15, 0.2) is 0 Å². The van der Waals surface area contributed by atoms with E-state index in [9.17, 15) is 8.42 Å². The first-order valence-corrected chi connectivity index (χ1v) is 11.6. The lowest BCUT2D eigenvalue weighted by atomic mass is 10.0. The standard InChI is InChI=1S/C19H31N3O3S2/c1-15(17-8-7-11-26-17)21(5)13-16-12-20-18(22(16)9-10-25-6)27(23,24)14-19(2,3)4/h7-8,11-12,15H,9-10,13-14H2,1-6H3/t15-/m1/s1. The van der Waals surface area contributed by atoms with E-state index in [1.54, 1.807) is 29.2 Å². The number of nitrogens with zero attached hydrogens (tertiary/aromatic N) is 3. The molecule has 0 fully saturated rings. The summed E-state index contributed by atoms with van der Waals surface area (Å²) in [5.41, 5.74) is 0.548. The largest absolute Gasteiger partial charge is 0.383 e. The van der Waals surface area contributed by atoms with Crippen molar-refractivity contribution in [3.8, 4) is 0 Å². The second-order valence-electron chi connectivity index (χ2n) is 8.10. The lowest BCUT2D eigenvalue weighted by Gasteiger charge is -2.24. The van der Waals surface area contributed by atoms with Crippen molar-refractivity contribution in [2.45, 2.75) is 52.0 Å². The van der Waals surface area contributed by atoms with Crippen LogP contribution >= 0.6 is 11.3 Å². The predicted molar refractivity (Wildman–Crippen MR) is 110 cm³/mol. The summed E-state index contributed by atoms with van der Waals surface area (Å²) in [6.07, 6.45) is 1.68. The zero-order valence-corrected chi connectivity index (χ0v) is 18.7. The van der Waals surface area contributed by atoms with Gasteiger partial charge in [-0.25, -0.2) is 13.4 Å². The van der Waals surface area contributed by atoms with Crippen molar-refractivity contribution in [1.82, 2.24) is 14.5 Å². The first kappa shape index (κ1) is 22.1. The molecule has 0 aliphatic rings. The summed E-state index contributed by atoms with van der Waals surface area (Å²) >= 11 is 1.72. The van der Waals surface area contributed by atoms with Gasteiger partial charge in [-0.1, -0.05) is 26.8 Å². The van der Waals surface area contributed by atoms with Crippen LogP contribution in [0.3, 0.4) is 0 Å². The van der Waals surface area contributed by atoms with Crippen molar-refractivity contribution in [2.24, 2.45) is 5.41 Å². The third-order valence-corrected chi connectivity index (χ3v) is 7.52. The van der Waals surface area contributed by atoms with E-state index in [-0.39, 0.29) is 22.4 Å². The summed E-state index contributed by atoms with van der Waals surface area (Å²) in [7, 11) is 0.181. The number of aromatic nitrogens is 2. The molecule has 0 aromatic carbocycles. The van der Waals surface area contributed by atoms with E-state index in [0.29, 0.717) is 19.7 Å².